The maximum Gasteiger partial charge on any atom is 0.408 e. The molecule has 2 saturated heterocycles. The van der Waals surface area contributed by atoms with Gasteiger partial charge >= 0.3 is 6.09 Å². The average molecular weight is 812 g/mol. The topological polar surface area (TPSA) is 136 Å². The molecule has 5 aromatic carbocycles. The van der Waals surface area contributed by atoms with Gasteiger partial charge in [-0.15, -0.1) is 0 Å². The van der Waals surface area contributed by atoms with Crippen molar-refractivity contribution in [1.29, 1.82) is 0 Å². The number of carbonyl (C=O) groups excluding carboxylic acids is 3. The molecule has 3 aliphatic rings. The van der Waals surface area contributed by atoms with Gasteiger partial charge in [0.2, 0.25) is 5.91 Å². The zero-order chi connectivity index (χ0) is 41.6. The number of amides is 3. The van der Waals surface area contributed by atoms with E-state index >= 15 is 0 Å². The fraction of sp³-hybridized carbons (Fsp3) is 0.312. The van der Waals surface area contributed by atoms with E-state index in [1.807, 2.05) is 97.1 Å². The first-order valence-electron chi connectivity index (χ1n) is 20.2. The average Bonchev–Trinajstić information content (AvgIpc) is 3.55. The van der Waals surface area contributed by atoms with E-state index in [1.54, 1.807) is 14.2 Å². The number of hydrogen-bond donors (Lipinski definition) is 2. The van der Waals surface area contributed by atoms with E-state index < -0.39 is 24.3 Å². The van der Waals surface area contributed by atoms with Crippen molar-refractivity contribution in [2.24, 2.45) is 0 Å². The minimum atomic E-state index is -0.991. The van der Waals surface area contributed by atoms with Crippen LogP contribution in [-0.2, 0) is 56.5 Å². The lowest BCUT2D eigenvalue weighted by Gasteiger charge is -2.39. The van der Waals surface area contributed by atoms with Crippen molar-refractivity contribution >= 4 is 17.9 Å². The van der Waals surface area contributed by atoms with Crippen LogP contribution in [-0.4, -0.2) is 72.3 Å². The van der Waals surface area contributed by atoms with Crippen molar-refractivity contribution in [3.05, 3.63) is 154 Å². The third-order valence-electron chi connectivity index (χ3n) is 11.4. The summed E-state index contributed by atoms with van der Waals surface area (Å²) < 4.78 is 29.9. The van der Waals surface area contributed by atoms with Crippen LogP contribution < -0.4 is 14.8 Å². The first-order valence-corrected chi connectivity index (χ1v) is 20.2. The molecule has 0 saturated carbocycles. The second-order valence-corrected chi connectivity index (χ2v) is 15.4. The second-order valence-electron chi connectivity index (χ2n) is 15.4. The summed E-state index contributed by atoms with van der Waals surface area (Å²) in [5, 5.41) is 12.2. The van der Waals surface area contributed by atoms with Gasteiger partial charge in [0.15, 0.2) is 17.8 Å². The van der Waals surface area contributed by atoms with Crippen LogP contribution in [0.15, 0.2) is 115 Å². The number of hydrogen-bond acceptors (Lipinski definition) is 10. The maximum absolute atomic E-state index is 13.3. The first kappa shape index (κ1) is 40.7. The fourth-order valence-electron chi connectivity index (χ4n) is 8.18. The van der Waals surface area contributed by atoms with Crippen LogP contribution in [0.5, 0.6) is 11.5 Å². The molecule has 0 aromatic heterocycles. The number of aliphatic hydroxyl groups is 1. The van der Waals surface area contributed by atoms with Gasteiger partial charge in [0.1, 0.15) is 12.6 Å². The highest BCUT2D eigenvalue weighted by atomic mass is 16.7. The molecule has 0 spiro atoms. The lowest BCUT2D eigenvalue weighted by atomic mass is 9.96. The minimum Gasteiger partial charge on any atom is -0.493 e. The number of fused-ring (bicyclic) bond motifs is 1. The summed E-state index contributed by atoms with van der Waals surface area (Å²) >= 11 is 0. The Morgan fingerprint density at radius 1 is 0.783 bits per heavy atom. The van der Waals surface area contributed by atoms with Gasteiger partial charge in [0.25, 0.3) is 5.91 Å². The summed E-state index contributed by atoms with van der Waals surface area (Å²) in [6, 6.07) is 36.0. The number of carbonyl (C=O) groups is 3. The number of ether oxygens (including phenoxy) is 5. The molecule has 3 aliphatic heterocycles. The number of rotatable bonds is 13. The Kier molecular flexibility index (Phi) is 12.5. The number of nitrogens with zero attached hydrogens (tertiary/aromatic N) is 2. The van der Waals surface area contributed by atoms with Gasteiger partial charge in [-0.3, -0.25) is 19.4 Å². The SMILES string of the molecule is COc1cc2c(cc1OC)CN(C[C@@H]1C[C@H](c3ccc(CO)cc3)O[C@H](c3cccc(-c4cccc(CN5C(=O)CC(NC(=O)OCc6ccccc6)C5=O)c4)c3)O1)CC2. The molecule has 1 unspecified atom stereocenters. The van der Waals surface area contributed by atoms with Crippen molar-refractivity contribution < 1.29 is 43.2 Å². The van der Waals surface area contributed by atoms with Crippen molar-refractivity contribution in [1.82, 2.24) is 15.1 Å². The lowest BCUT2D eigenvalue weighted by molar-refractivity contribution is -0.253. The number of methoxy groups -OCH3 is 2. The Hall–Kier alpha value is -6.05. The molecule has 60 heavy (non-hydrogen) atoms. The summed E-state index contributed by atoms with van der Waals surface area (Å²) in [6.07, 6.45) is -0.377. The van der Waals surface area contributed by atoms with Crippen LogP contribution >= 0.6 is 0 Å². The van der Waals surface area contributed by atoms with Gasteiger partial charge in [-0.1, -0.05) is 91.0 Å². The van der Waals surface area contributed by atoms with Crippen molar-refractivity contribution in [3.8, 4) is 22.6 Å². The molecule has 2 N–H and O–H groups in total. The highest BCUT2D eigenvalue weighted by molar-refractivity contribution is 6.06. The third-order valence-corrected chi connectivity index (χ3v) is 11.4. The van der Waals surface area contributed by atoms with Gasteiger partial charge in [0, 0.05) is 31.6 Å². The summed E-state index contributed by atoms with van der Waals surface area (Å²) in [4.78, 5) is 42.4. The van der Waals surface area contributed by atoms with Crippen LogP contribution in [0.1, 0.15) is 64.2 Å². The van der Waals surface area contributed by atoms with E-state index in [4.69, 9.17) is 23.7 Å². The van der Waals surface area contributed by atoms with E-state index in [0.717, 1.165) is 70.0 Å². The van der Waals surface area contributed by atoms with Gasteiger partial charge in [-0.2, -0.15) is 0 Å². The van der Waals surface area contributed by atoms with Gasteiger partial charge < -0.3 is 34.1 Å². The van der Waals surface area contributed by atoms with Crippen LogP contribution in [0, 0.1) is 0 Å². The van der Waals surface area contributed by atoms with Crippen LogP contribution in [0.2, 0.25) is 0 Å². The smallest absolute Gasteiger partial charge is 0.408 e. The molecule has 310 valence electrons. The largest absolute Gasteiger partial charge is 0.493 e. The molecule has 3 heterocycles. The third kappa shape index (κ3) is 9.37. The molecule has 0 bridgehead atoms. The highest BCUT2D eigenvalue weighted by Gasteiger charge is 2.40. The number of imide groups is 1. The van der Waals surface area contributed by atoms with E-state index in [1.165, 1.54) is 16.0 Å². The lowest BCUT2D eigenvalue weighted by Crippen LogP contribution is -2.41. The Balaban J connectivity index is 0.960. The van der Waals surface area contributed by atoms with Crippen molar-refractivity contribution in [2.75, 3.05) is 27.3 Å². The van der Waals surface area contributed by atoms with Gasteiger partial charge in [-0.25, -0.2) is 4.79 Å². The number of aliphatic hydroxyl groups excluding tert-OH is 1. The quantitative estimate of drug-likeness (QED) is 0.120. The predicted molar refractivity (Wildman–Crippen MR) is 223 cm³/mol. The zero-order valence-corrected chi connectivity index (χ0v) is 33.8. The molecule has 12 heteroatoms. The van der Waals surface area contributed by atoms with Crippen LogP contribution in [0.25, 0.3) is 11.1 Å². The molecule has 0 aliphatic carbocycles. The van der Waals surface area contributed by atoms with Crippen LogP contribution in [0.4, 0.5) is 4.79 Å². The Morgan fingerprint density at radius 3 is 2.25 bits per heavy atom. The van der Waals surface area contributed by atoms with Crippen LogP contribution in [0.3, 0.4) is 0 Å². The molecule has 8 rings (SSSR count). The summed E-state index contributed by atoms with van der Waals surface area (Å²) in [7, 11) is 3.31. The van der Waals surface area contributed by atoms with E-state index in [9.17, 15) is 19.5 Å². The van der Waals surface area contributed by atoms with E-state index in [2.05, 4.69) is 28.4 Å². The van der Waals surface area contributed by atoms with Crippen molar-refractivity contribution in [2.45, 2.75) is 70.1 Å². The first-order chi connectivity index (χ1) is 29.3. The van der Waals surface area contributed by atoms with Crippen molar-refractivity contribution in [3.63, 3.8) is 0 Å². The number of alkyl carbamates (subject to hydrolysis) is 1. The second kappa shape index (κ2) is 18.5. The van der Waals surface area contributed by atoms with E-state index in [0.29, 0.717) is 13.0 Å². The Morgan fingerprint density at radius 2 is 1.50 bits per heavy atom. The summed E-state index contributed by atoms with van der Waals surface area (Å²) in [5.41, 5.74) is 8.58. The molecule has 5 aromatic rings. The molecule has 2 fully saturated rings. The molecular weight excluding hydrogens is 763 g/mol. The standard InChI is InChI=1S/C48H49N3O9/c1-56-43-22-37-18-19-50(27-39(37)23-44(43)57-2)28-40-24-42(34-16-14-31(29-52)15-17-34)60-47(59-40)38-13-7-12-36(21-38)35-11-6-10-33(20-35)26-51-45(53)25-41(46(51)54)49-48(55)58-30-32-8-4-3-5-9-32/h3-17,20-23,40-42,47,52H,18-19,24-30H2,1-2H3,(H,49,55)/t40-,41?,42+,47+/m0/s1. The summed E-state index contributed by atoms with van der Waals surface area (Å²) in [5.74, 6) is 0.619. The van der Waals surface area contributed by atoms with E-state index in [-0.39, 0.29) is 44.3 Å². The minimum absolute atomic E-state index is 0.0321. The molecule has 4 atom stereocenters. The highest BCUT2D eigenvalue weighted by Crippen LogP contribution is 2.40. The Bertz CT molecular complexity index is 2320. The number of nitrogens with one attached hydrogen (secondary N) is 1. The molecule has 12 nitrogen and oxygen atoms in total. The Labute approximate surface area is 349 Å². The molecular formula is C48H49N3O9. The van der Waals surface area contributed by atoms with Gasteiger partial charge in [0.05, 0.1) is 46.0 Å². The zero-order valence-electron chi connectivity index (χ0n) is 33.8. The normalized spacial score (nSPS) is 20.4. The monoisotopic (exact) mass is 811 g/mol. The predicted octanol–water partition coefficient (Wildman–Crippen LogP) is 7.02. The summed E-state index contributed by atoms with van der Waals surface area (Å²) in [6.45, 7) is 2.44. The molecule has 0 radical (unpaired) electrons. The maximum atomic E-state index is 13.3. The number of benzene rings is 5. The number of likely N-dealkylation sites (tertiary alicyclic amines) is 1. The fourth-order valence-corrected chi connectivity index (χ4v) is 8.18. The van der Waals surface area contributed by atoms with Gasteiger partial charge in [-0.05, 0) is 75.2 Å². The molecule has 3 amide bonds.